The molecular formula is C28H32FOS+. The van der Waals surface area contributed by atoms with Crippen molar-refractivity contribution >= 4 is 10.9 Å². The standard InChI is InChI=1S/C28H32FOS/c1-3-28(2,22-13-7-4-8-14-22)30-27-20-19-25(21-26(27)29)31(23-15-9-5-10-16-23)24-17-11-6-12-18-24/h5-6,9-12,15-22H,3-4,7-8,13-14H2,1-2H3/q+1. The number of hydrogen-bond donors (Lipinski definition) is 0. The Morgan fingerprint density at radius 3 is 1.94 bits per heavy atom. The van der Waals surface area contributed by atoms with Crippen LogP contribution in [0.1, 0.15) is 52.4 Å². The molecule has 0 bridgehead atoms. The van der Waals surface area contributed by atoms with Crippen LogP contribution in [0.2, 0.25) is 0 Å². The van der Waals surface area contributed by atoms with E-state index in [9.17, 15) is 0 Å². The zero-order valence-corrected chi connectivity index (χ0v) is 19.3. The molecule has 31 heavy (non-hydrogen) atoms. The van der Waals surface area contributed by atoms with E-state index in [-0.39, 0.29) is 22.3 Å². The third kappa shape index (κ3) is 4.98. The Morgan fingerprint density at radius 2 is 1.42 bits per heavy atom. The van der Waals surface area contributed by atoms with E-state index in [4.69, 9.17) is 4.74 Å². The van der Waals surface area contributed by atoms with Gasteiger partial charge in [-0.15, -0.1) is 0 Å². The third-order valence-corrected chi connectivity index (χ3v) is 8.82. The van der Waals surface area contributed by atoms with Crippen molar-refractivity contribution in [1.82, 2.24) is 0 Å². The molecule has 4 rings (SSSR count). The first-order chi connectivity index (χ1) is 15.1. The highest BCUT2D eigenvalue weighted by atomic mass is 32.2. The van der Waals surface area contributed by atoms with E-state index in [1.807, 2.05) is 48.5 Å². The van der Waals surface area contributed by atoms with Crippen LogP contribution in [0.3, 0.4) is 0 Å². The molecule has 1 aliphatic carbocycles. The zero-order chi connectivity index (χ0) is 21.7. The van der Waals surface area contributed by atoms with Crippen molar-refractivity contribution in [3.05, 3.63) is 84.7 Å². The first-order valence-electron chi connectivity index (χ1n) is 11.4. The molecule has 0 aliphatic heterocycles. The van der Waals surface area contributed by atoms with Crippen LogP contribution in [0.5, 0.6) is 5.75 Å². The van der Waals surface area contributed by atoms with Crippen molar-refractivity contribution in [2.75, 3.05) is 0 Å². The molecule has 1 nitrogen and oxygen atoms in total. The molecule has 0 saturated heterocycles. The fourth-order valence-electron chi connectivity index (χ4n) is 4.62. The molecule has 1 atom stereocenters. The first-order valence-corrected chi connectivity index (χ1v) is 12.7. The van der Waals surface area contributed by atoms with Crippen LogP contribution in [-0.2, 0) is 10.9 Å². The average Bonchev–Trinajstić information content (AvgIpc) is 2.83. The van der Waals surface area contributed by atoms with Gasteiger partial charge < -0.3 is 4.74 Å². The predicted molar refractivity (Wildman–Crippen MR) is 127 cm³/mol. The van der Waals surface area contributed by atoms with E-state index in [2.05, 4.69) is 38.1 Å². The SMILES string of the molecule is CCC(C)(Oc1ccc([S+](c2ccccc2)c2ccccc2)cc1F)C1CCCCC1. The van der Waals surface area contributed by atoms with Gasteiger partial charge in [0.1, 0.15) is 5.60 Å². The van der Waals surface area contributed by atoms with Crippen molar-refractivity contribution < 1.29 is 9.13 Å². The number of ether oxygens (including phenoxy) is 1. The van der Waals surface area contributed by atoms with Crippen LogP contribution in [-0.4, -0.2) is 5.60 Å². The lowest BCUT2D eigenvalue weighted by atomic mass is 9.76. The smallest absolute Gasteiger partial charge is 0.170 e. The molecule has 3 aromatic carbocycles. The molecule has 1 unspecified atom stereocenters. The molecule has 0 spiro atoms. The van der Waals surface area contributed by atoms with Crippen LogP contribution in [0.15, 0.2) is 93.5 Å². The second-order valence-electron chi connectivity index (χ2n) is 8.63. The van der Waals surface area contributed by atoms with Gasteiger partial charge in [0, 0.05) is 6.07 Å². The lowest BCUT2D eigenvalue weighted by Crippen LogP contribution is -2.41. The highest BCUT2D eigenvalue weighted by molar-refractivity contribution is 7.97. The molecule has 162 valence electrons. The lowest BCUT2D eigenvalue weighted by molar-refractivity contribution is 0.00169. The van der Waals surface area contributed by atoms with Gasteiger partial charge in [0.05, 0.1) is 10.9 Å². The van der Waals surface area contributed by atoms with Crippen LogP contribution in [0.4, 0.5) is 4.39 Å². The maximum Gasteiger partial charge on any atom is 0.170 e. The summed E-state index contributed by atoms with van der Waals surface area (Å²) in [6, 6.07) is 26.3. The number of rotatable bonds is 7. The molecule has 0 amide bonds. The second kappa shape index (κ2) is 9.91. The van der Waals surface area contributed by atoms with Gasteiger partial charge in [0.15, 0.2) is 26.3 Å². The van der Waals surface area contributed by atoms with E-state index >= 15 is 4.39 Å². The Labute approximate surface area is 189 Å². The average molecular weight is 436 g/mol. The number of benzene rings is 3. The van der Waals surface area contributed by atoms with Crippen molar-refractivity contribution in [3.8, 4) is 5.75 Å². The molecule has 0 N–H and O–H groups in total. The maximum atomic E-state index is 15.4. The summed E-state index contributed by atoms with van der Waals surface area (Å²) < 4.78 is 21.8. The fourth-order valence-corrected chi connectivity index (χ4v) is 6.72. The molecular weight excluding hydrogens is 403 g/mol. The molecule has 0 aromatic heterocycles. The van der Waals surface area contributed by atoms with Crippen molar-refractivity contribution in [3.63, 3.8) is 0 Å². The largest absolute Gasteiger partial charge is 0.484 e. The van der Waals surface area contributed by atoms with Gasteiger partial charge in [-0.2, -0.15) is 0 Å². The van der Waals surface area contributed by atoms with Crippen molar-refractivity contribution in [2.24, 2.45) is 5.92 Å². The first kappa shape index (κ1) is 22.0. The minimum Gasteiger partial charge on any atom is -0.484 e. The van der Waals surface area contributed by atoms with Gasteiger partial charge in [-0.3, -0.25) is 0 Å². The van der Waals surface area contributed by atoms with Crippen LogP contribution in [0.25, 0.3) is 0 Å². The molecule has 0 heterocycles. The Hall–Kier alpha value is -2.26. The minimum atomic E-state index is -0.358. The van der Waals surface area contributed by atoms with Crippen LogP contribution < -0.4 is 4.74 Å². The molecule has 1 aliphatic rings. The van der Waals surface area contributed by atoms with Crippen molar-refractivity contribution in [1.29, 1.82) is 0 Å². The molecule has 1 fully saturated rings. The highest BCUT2D eigenvalue weighted by Gasteiger charge is 2.37. The van der Waals surface area contributed by atoms with E-state index in [1.54, 1.807) is 6.07 Å². The highest BCUT2D eigenvalue weighted by Crippen LogP contribution is 2.39. The van der Waals surface area contributed by atoms with Gasteiger partial charge >= 0.3 is 0 Å². The summed E-state index contributed by atoms with van der Waals surface area (Å²) in [6.07, 6.45) is 7.05. The van der Waals surface area contributed by atoms with Crippen molar-refractivity contribution in [2.45, 2.75) is 72.7 Å². The van der Waals surface area contributed by atoms with E-state index in [0.717, 1.165) is 11.3 Å². The van der Waals surface area contributed by atoms with Crippen LogP contribution in [0, 0.1) is 11.7 Å². The minimum absolute atomic E-state index is 0.266. The van der Waals surface area contributed by atoms with E-state index < -0.39 is 0 Å². The molecule has 3 heteroatoms. The molecule has 0 radical (unpaired) electrons. The quantitative estimate of drug-likeness (QED) is 0.341. The van der Waals surface area contributed by atoms with Gasteiger partial charge in [-0.05, 0) is 68.5 Å². The summed E-state index contributed by atoms with van der Waals surface area (Å²) in [5.41, 5.74) is -0.316. The van der Waals surface area contributed by atoms with Gasteiger partial charge in [-0.25, -0.2) is 4.39 Å². The zero-order valence-electron chi connectivity index (χ0n) is 18.5. The predicted octanol–water partition coefficient (Wildman–Crippen LogP) is 8.05. The monoisotopic (exact) mass is 435 g/mol. The lowest BCUT2D eigenvalue weighted by Gasteiger charge is -2.39. The molecule has 3 aromatic rings. The summed E-state index contributed by atoms with van der Waals surface area (Å²) in [6.45, 7) is 4.32. The second-order valence-corrected chi connectivity index (χ2v) is 10.7. The third-order valence-electron chi connectivity index (χ3n) is 6.61. The number of hydrogen-bond acceptors (Lipinski definition) is 1. The summed E-state index contributed by atoms with van der Waals surface area (Å²) in [5.74, 6) is 0.606. The maximum absolute atomic E-state index is 15.4. The van der Waals surface area contributed by atoms with Gasteiger partial charge in [0.25, 0.3) is 0 Å². The Morgan fingerprint density at radius 1 is 0.839 bits per heavy atom. The fraction of sp³-hybridized carbons (Fsp3) is 0.357. The Bertz CT molecular complexity index is 929. The summed E-state index contributed by atoms with van der Waals surface area (Å²) in [5, 5.41) is 0. The van der Waals surface area contributed by atoms with Gasteiger partial charge in [0.2, 0.25) is 0 Å². The Balaban J connectivity index is 1.65. The van der Waals surface area contributed by atoms with Gasteiger partial charge in [-0.1, -0.05) is 62.6 Å². The normalized spacial score (nSPS) is 16.8. The summed E-state index contributed by atoms with van der Waals surface area (Å²) >= 11 is 0. The van der Waals surface area contributed by atoms with E-state index in [1.165, 1.54) is 41.9 Å². The topological polar surface area (TPSA) is 9.23 Å². The summed E-state index contributed by atoms with van der Waals surface area (Å²) in [4.78, 5) is 3.34. The molecule has 1 saturated carbocycles. The summed E-state index contributed by atoms with van der Waals surface area (Å²) in [7, 11) is -0.358. The van der Waals surface area contributed by atoms with E-state index in [0.29, 0.717) is 11.7 Å². The van der Waals surface area contributed by atoms with Crippen LogP contribution >= 0.6 is 0 Å². The Kier molecular flexibility index (Phi) is 7.02. The number of halogens is 1.